The summed E-state index contributed by atoms with van der Waals surface area (Å²) in [6, 6.07) is 19.4. The number of nitrogens with zero attached hydrogens (tertiary/aromatic N) is 6. The maximum atomic E-state index is 5.92. The van der Waals surface area contributed by atoms with Crippen molar-refractivity contribution in [3.63, 3.8) is 0 Å². The number of H-pyrrole nitrogens is 1. The van der Waals surface area contributed by atoms with Crippen molar-refractivity contribution >= 4 is 35.0 Å². The summed E-state index contributed by atoms with van der Waals surface area (Å²) < 4.78 is 0. The zero-order valence-corrected chi connectivity index (χ0v) is 18.4. The van der Waals surface area contributed by atoms with Crippen LogP contribution in [0.1, 0.15) is 0 Å². The third kappa shape index (κ3) is 5.01. The first-order valence-corrected chi connectivity index (χ1v) is 10.8. The Bertz CT molecular complexity index is 1210. The molecule has 5 N–H and O–H groups in total. The molecule has 1 aliphatic rings. The third-order valence-corrected chi connectivity index (χ3v) is 5.46. The molecule has 10 heteroatoms. The summed E-state index contributed by atoms with van der Waals surface area (Å²) in [6.07, 6.45) is 0. The predicted octanol–water partition coefficient (Wildman–Crippen LogP) is 3.08. The normalized spacial score (nSPS) is 14.3. The van der Waals surface area contributed by atoms with E-state index in [9.17, 15) is 0 Å². The SMILES string of the molecule is CN1CCN(c2nc(Nc3cccc(N)c3)nc(Nc3cc(-c4ccccc4)[nH]n3)n2)CC1. The lowest BCUT2D eigenvalue weighted by Crippen LogP contribution is -2.45. The van der Waals surface area contributed by atoms with Gasteiger partial charge in [-0.2, -0.15) is 20.1 Å². The molecule has 0 atom stereocenters. The molecule has 1 saturated heterocycles. The van der Waals surface area contributed by atoms with E-state index >= 15 is 0 Å². The van der Waals surface area contributed by atoms with Gasteiger partial charge in [-0.3, -0.25) is 5.10 Å². The van der Waals surface area contributed by atoms with Crippen molar-refractivity contribution in [3.8, 4) is 11.3 Å². The molecule has 1 aliphatic heterocycles. The van der Waals surface area contributed by atoms with E-state index in [1.807, 2.05) is 60.7 Å². The van der Waals surface area contributed by atoms with Crippen LogP contribution >= 0.6 is 0 Å². The average molecular weight is 443 g/mol. The van der Waals surface area contributed by atoms with E-state index < -0.39 is 0 Å². The largest absolute Gasteiger partial charge is 0.399 e. The quantitative estimate of drug-likeness (QED) is 0.333. The predicted molar refractivity (Wildman–Crippen MR) is 131 cm³/mol. The molecule has 0 radical (unpaired) electrons. The van der Waals surface area contributed by atoms with Gasteiger partial charge in [-0.15, -0.1) is 0 Å². The van der Waals surface area contributed by atoms with Crippen molar-refractivity contribution in [2.75, 3.05) is 54.5 Å². The molecule has 5 rings (SSSR count). The highest BCUT2D eigenvalue weighted by molar-refractivity contribution is 5.65. The summed E-state index contributed by atoms with van der Waals surface area (Å²) in [5.41, 5.74) is 9.35. The Morgan fingerprint density at radius 1 is 0.848 bits per heavy atom. The van der Waals surface area contributed by atoms with Gasteiger partial charge in [-0.1, -0.05) is 36.4 Å². The van der Waals surface area contributed by atoms with Crippen LogP contribution in [0.15, 0.2) is 60.7 Å². The molecule has 2 aromatic heterocycles. The van der Waals surface area contributed by atoms with Gasteiger partial charge < -0.3 is 26.2 Å². The van der Waals surface area contributed by atoms with Crippen molar-refractivity contribution in [3.05, 3.63) is 60.7 Å². The molecule has 2 aromatic carbocycles. The molecule has 4 aromatic rings. The van der Waals surface area contributed by atoms with Crippen LogP contribution in [0.3, 0.4) is 0 Å². The highest BCUT2D eigenvalue weighted by Gasteiger charge is 2.19. The first-order valence-electron chi connectivity index (χ1n) is 10.8. The van der Waals surface area contributed by atoms with Gasteiger partial charge >= 0.3 is 0 Å². The van der Waals surface area contributed by atoms with Gasteiger partial charge in [0, 0.05) is 43.6 Å². The first kappa shape index (κ1) is 20.7. The maximum absolute atomic E-state index is 5.92. The number of aromatic nitrogens is 5. The van der Waals surface area contributed by atoms with Gasteiger partial charge in [0.05, 0.1) is 5.69 Å². The standard InChI is InChI=1S/C23H26N10/c1-32-10-12-33(13-11-32)23-28-21(25-18-9-5-8-17(24)14-18)27-22(29-23)26-20-15-19(30-31-20)16-6-3-2-4-7-16/h2-9,14-15H,10-13,24H2,1H3,(H3,25,26,27,28,29,30,31). The smallest absolute Gasteiger partial charge is 0.235 e. The van der Waals surface area contributed by atoms with E-state index in [0.717, 1.165) is 43.1 Å². The van der Waals surface area contributed by atoms with E-state index in [2.05, 4.69) is 52.6 Å². The van der Waals surface area contributed by atoms with Crippen LogP contribution in [0.25, 0.3) is 11.3 Å². The molecule has 0 amide bonds. The van der Waals surface area contributed by atoms with E-state index in [-0.39, 0.29) is 0 Å². The fourth-order valence-electron chi connectivity index (χ4n) is 3.64. The molecule has 0 saturated carbocycles. The molecule has 0 spiro atoms. The van der Waals surface area contributed by atoms with Crippen molar-refractivity contribution < 1.29 is 0 Å². The third-order valence-electron chi connectivity index (χ3n) is 5.46. The maximum Gasteiger partial charge on any atom is 0.235 e. The zero-order chi connectivity index (χ0) is 22.6. The van der Waals surface area contributed by atoms with Gasteiger partial charge in [-0.05, 0) is 30.8 Å². The molecule has 168 valence electrons. The van der Waals surface area contributed by atoms with Crippen LogP contribution in [0.2, 0.25) is 0 Å². The van der Waals surface area contributed by atoms with Gasteiger partial charge in [0.1, 0.15) is 0 Å². The van der Waals surface area contributed by atoms with Crippen LogP contribution in [-0.4, -0.2) is 63.3 Å². The summed E-state index contributed by atoms with van der Waals surface area (Å²) >= 11 is 0. The van der Waals surface area contributed by atoms with Gasteiger partial charge in [-0.25, -0.2) is 0 Å². The second kappa shape index (κ2) is 9.13. The fourth-order valence-corrected chi connectivity index (χ4v) is 3.64. The molecule has 0 unspecified atom stereocenters. The lowest BCUT2D eigenvalue weighted by Gasteiger charge is -2.32. The molecule has 3 heterocycles. The number of nitrogens with one attached hydrogen (secondary N) is 3. The monoisotopic (exact) mass is 442 g/mol. The number of aromatic amines is 1. The average Bonchev–Trinajstić information content (AvgIpc) is 3.28. The molecule has 0 bridgehead atoms. The highest BCUT2D eigenvalue weighted by Crippen LogP contribution is 2.24. The van der Waals surface area contributed by atoms with Crippen molar-refractivity contribution in [1.82, 2.24) is 30.0 Å². The van der Waals surface area contributed by atoms with Crippen molar-refractivity contribution in [2.24, 2.45) is 0 Å². The van der Waals surface area contributed by atoms with Crippen LogP contribution in [0.5, 0.6) is 0 Å². The summed E-state index contributed by atoms with van der Waals surface area (Å²) in [5, 5.41) is 13.9. The Hall–Kier alpha value is -4.18. The van der Waals surface area contributed by atoms with Gasteiger partial charge in [0.25, 0.3) is 0 Å². The van der Waals surface area contributed by atoms with Crippen LogP contribution in [-0.2, 0) is 0 Å². The number of hydrogen-bond acceptors (Lipinski definition) is 9. The summed E-state index contributed by atoms with van der Waals surface area (Å²) in [7, 11) is 2.12. The number of benzene rings is 2. The number of likely N-dealkylation sites (N-methyl/N-ethyl adjacent to an activating group) is 1. The van der Waals surface area contributed by atoms with Crippen molar-refractivity contribution in [1.29, 1.82) is 0 Å². The summed E-state index contributed by atoms with van der Waals surface area (Å²) in [5.74, 6) is 2.09. The lowest BCUT2D eigenvalue weighted by atomic mass is 10.2. The van der Waals surface area contributed by atoms with Crippen LogP contribution < -0.4 is 21.3 Å². The minimum Gasteiger partial charge on any atom is -0.399 e. The molecule has 0 aliphatic carbocycles. The second-order valence-electron chi connectivity index (χ2n) is 7.98. The topological polar surface area (TPSA) is 124 Å². The Balaban J connectivity index is 1.43. The summed E-state index contributed by atoms with van der Waals surface area (Å²) in [4.78, 5) is 18.4. The van der Waals surface area contributed by atoms with Crippen molar-refractivity contribution in [2.45, 2.75) is 0 Å². The highest BCUT2D eigenvalue weighted by atomic mass is 15.4. The molecular formula is C23H26N10. The number of hydrogen-bond donors (Lipinski definition) is 4. The Kier molecular flexibility index (Phi) is 5.73. The Morgan fingerprint density at radius 2 is 1.61 bits per heavy atom. The van der Waals surface area contributed by atoms with Gasteiger partial charge in [0.2, 0.25) is 17.8 Å². The fraction of sp³-hybridized carbons (Fsp3) is 0.217. The number of anilines is 6. The van der Waals surface area contributed by atoms with Gasteiger partial charge in [0.15, 0.2) is 5.82 Å². The number of piperazine rings is 1. The summed E-state index contributed by atoms with van der Waals surface area (Å²) in [6.45, 7) is 3.59. The van der Waals surface area contributed by atoms with Crippen LogP contribution in [0, 0.1) is 0 Å². The number of nitrogen functional groups attached to an aromatic ring is 1. The second-order valence-corrected chi connectivity index (χ2v) is 7.98. The molecule has 10 nitrogen and oxygen atoms in total. The molecular weight excluding hydrogens is 416 g/mol. The minimum atomic E-state index is 0.413. The minimum absolute atomic E-state index is 0.413. The molecule has 33 heavy (non-hydrogen) atoms. The Labute approximate surface area is 191 Å². The number of nitrogens with two attached hydrogens (primary N) is 1. The van der Waals surface area contributed by atoms with E-state index in [1.54, 1.807) is 0 Å². The van der Waals surface area contributed by atoms with E-state index in [0.29, 0.717) is 29.4 Å². The first-order chi connectivity index (χ1) is 16.1. The van der Waals surface area contributed by atoms with E-state index in [4.69, 9.17) is 5.73 Å². The number of rotatable bonds is 6. The lowest BCUT2D eigenvalue weighted by molar-refractivity contribution is 0.311. The van der Waals surface area contributed by atoms with E-state index in [1.165, 1.54) is 0 Å². The zero-order valence-electron chi connectivity index (χ0n) is 18.4. The molecule has 1 fully saturated rings. The Morgan fingerprint density at radius 3 is 2.36 bits per heavy atom. The van der Waals surface area contributed by atoms with Crippen LogP contribution in [0.4, 0.5) is 35.0 Å².